The SMILES string of the molecule is CN1CCCN(C(=O)NC(CC(=O)O)CC(C)(C)C)CC1. The van der Waals surface area contributed by atoms with Crippen LogP contribution in [0.15, 0.2) is 0 Å². The van der Waals surface area contributed by atoms with E-state index in [4.69, 9.17) is 5.11 Å². The van der Waals surface area contributed by atoms with Crippen molar-refractivity contribution < 1.29 is 14.7 Å². The zero-order valence-corrected chi connectivity index (χ0v) is 13.7. The molecule has 6 nitrogen and oxygen atoms in total. The summed E-state index contributed by atoms with van der Waals surface area (Å²) in [6, 6.07) is -0.461. The maximum absolute atomic E-state index is 12.3. The molecule has 21 heavy (non-hydrogen) atoms. The maximum Gasteiger partial charge on any atom is 0.317 e. The van der Waals surface area contributed by atoms with Crippen LogP contribution in [-0.2, 0) is 4.79 Å². The van der Waals surface area contributed by atoms with Gasteiger partial charge in [-0.05, 0) is 31.8 Å². The first-order chi connectivity index (χ1) is 9.67. The van der Waals surface area contributed by atoms with Crippen molar-refractivity contribution in [2.24, 2.45) is 5.41 Å². The molecule has 1 rings (SSSR count). The monoisotopic (exact) mass is 299 g/mol. The van der Waals surface area contributed by atoms with Gasteiger partial charge < -0.3 is 20.2 Å². The number of amides is 2. The van der Waals surface area contributed by atoms with Gasteiger partial charge in [0, 0.05) is 25.7 Å². The number of hydrogen-bond acceptors (Lipinski definition) is 3. The van der Waals surface area contributed by atoms with Crippen molar-refractivity contribution in [1.82, 2.24) is 15.1 Å². The average molecular weight is 299 g/mol. The van der Waals surface area contributed by atoms with E-state index in [1.807, 2.05) is 7.05 Å². The van der Waals surface area contributed by atoms with Gasteiger partial charge in [0.1, 0.15) is 0 Å². The fraction of sp³-hybridized carbons (Fsp3) is 0.867. The van der Waals surface area contributed by atoms with E-state index in [1.54, 1.807) is 4.90 Å². The molecule has 0 aromatic rings. The molecule has 1 aliphatic heterocycles. The predicted octanol–water partition coefficient (Wildman–Crippen LogP) is 1.61. The number of urea groups is 1. The molecule has 1 unspecified atom stereocenters. The second-order valence-corrected chi connectivity index (χ2v) is 7.15. The lowest BCUT2D eigenvalue weighted by Crippen LogP contribution is -2.47. The van der Waals surface area contributed by atoms with Crippen molar-refractivity contribution in [2.45, 2.75) is 46.1 Å². The second-order valence-electron chi connectivity index (χ2n) is 7.15. The third-order valence-corrected chi connectivity index (χ3v) is 3.61. The van der Waals surface area contributed by atoms with Crippen LogP contribution < -0.4 is 5.32 Å². The standard InChI is InChI=1S/C15H29N3O3/c1-15(2,3)11-12(10-13(19)20)16-14(21)18-7-5-6-17(4)8-9-18/h12H,5-11H2,1-4H3,(H,16,21)(H,19,20). The van der Waals surface area contributed by atoms with Crippen LogP contribution in [0, 0.1) is 5.41 Å². The van der Waals surface area contributed by atoms with Crippen LogP contribution >= 0.6 is 0 Å². The molecule has 1 saturated heterocycles. The summed E-state index contributed by atoms with van der Waals surface area (Å²) in [5, 5.41) is 11.9. The molecule has 0 aliphatic carbocycles. The zero-order valence-electron chi connectivity index (χ0n) is 13.7. The van der Waals surface area contributed by atoms with Gasteiger partial charge in [0.2, 0.25) is 0 Å². The molecule has 2 N–H and O–H groups in total. The number of aliphatic carboxylic acids is 1. The quantitative estimate of drug-likeness (QED) is 0.827. The highest BCUT2D eigenvalue weighted by molar-refractivity contribution is 5.76. The molecular weight excluding hydrogens is 270 g/mol. The van der Waals surface area contributed by atoms with Gasteiger partial charge in [0.05, 0.1) is 6.42 Å². The third kappa shape index (κ3) is 7.32. The molecule has 1 aliphatic rings. The van der Waals surface area contributed by atoms with Crippen LogP contribution in [0.4, 0.5) is 4.79 Å². The Morgan fingerprint density at radius 1 is 1.19 bits per heavy atom. The molecule has 0 aromatic carbocycles. The van der Waals surface area contributed by atoms with Gasteiger partial charge in [0.15, 0.2) is 0 Å². The Hall–Kier alpha value is -1.30. The second kappa shape index (κ2) is 7.64. The molecule has 0 bridgehead atoms. The summed E-state index contributed by atoms with van der Waals surface area (Å²) in [7, 11) is 2.05. The average Bonchev–Trinajstić information content (AvgIpc) is 2.50. The fourth-order valence-electron chi connectivity index (χ4n) is 2.64. The fourth-order valence-corrected chi connectivity index (χ4v) is 2.64. The zero-order chi connectivity index (χ0) is 16.0. The van der Waals surface area contributed by atoms with Gasteiger partial charge in [-0.15, -0.1) is 0 Å². The molecular formula is C15H29N3O3. The van der Waals surface area contributed by atoms with E-state index in [1.165, 1.54) is 0 Å². The van der Waals surface area contributed by atoms with E-state index in [0.717, 1.165) is 26.1 Å². The smallest absolute Gasteiger partial charge is 0.317 e. The van der Waals surface area contributed by atoms with Gasteiger partial charge >= 0.3 is 12.0 Å². The normalized spacial score (nSPS) is 19.0. The van der Waals surface area contributed by atoms with E-state index in [-0.39, 0.29) is 23.9 Å². The van der Waals surface area contributed by atoms with Crippen molar-refractivity contribution in [3.8, 4) is 0 Å². The highest BCUT2D eigenvalue weighted by Gasteiger charge is 2.25. The van der Waals surface area contributed by atoms with Crippen molar-refractivity contribution >= 4 is 12.0 Å². The van der Waals surface area contributed by atoms with Crippen LogP contribution in [0.5, 0.6) is 0 Å². The first kappa shape index (κ1) is 17.8. The number of carbonyl (C=O) groups excluding carboxylic acids is 1. The summed E-state index contributed by atoms with van der Waals surface area (Å²) in [6.45, 7) is 9.42. The van der Waals surface area contributed by atoms with Crippen LogP contribution in [0.1, 0.15) is 40.0 Å². The van der Waals surface area contributed by atoms with Crippen molar-refractivity contribution in [2.75, 3.05) is 33.2 Å². The number of likely N-dealkylation sites (N-methyl/N-ethyl adjacent to an activating group) is 1. The number of carboxylic acid groups (broad SMARTS) is 1. The minimum atomic E-state index is -0.875. The number of nitrogens with zero attached hydrogens (tertiary/aromatic N) is 2. The molecule has 0 saturated carbocycles. The molecule has 6 heteroatoms. The topological polar surface area (TPSA) is 72.9 Å². The van der Waals surface area contributed by atoms with Gasteiger partial charge in [-0.3, -0.25) is 4.79 Å². The maximum atomic E-state index is 12.3. The van der Waals surface area contributed by atoms with E-state index >= 15 is 0 Å². The molecule has 1 heterocycles. The lowest BCUT2D eigenvalue weighted by Gasteiger charge is -2.29. The largest absolute Gasteiger partial charge is 0.481 e. The van der Waals surface area contributed by atoms with Crippen LogP contribution in [0.2, 0.25) is 0 Å². The number of hydrogen-bond donors (Lipinski definition) is 2. The summed E-state index contributed by atoms with van der Waals surface area (Å²) in [5.74, 6) is -0.875. The Labute approximate surface area is 127 Å². The molecule has 2 amide bonds. The first-order valence-corrected chi connectivity index (χ1v) is 7.63. The molecule has 1 fully saturated rings. The number of nitrogens with one attached hydrogen (secondary N) is 1. The lowest BCUT2D eigenvalue weighted by atomic mass is 9.87. The minimum Gasteiger partial charge on any atom is -0.481 e. The molecule has 1 atom stereocenters. The summed E-state index contributed by atoms with van der Waals surface area (Å²) in [5.41, 5.74) is -0.0214. The predicted molar refractivity (Wildman–Crippen MR) is 82.3 cm³/mol. The van der Waals surface area contributed by atoms with Crippen molar-refractivity contribution in [1.29, 1.82) is 0 Å². The Kier molecular flexibility index (Phi) is 6.45. The Balaban J connectivity index is 2.59. The lowest BCUT2D eigenvalue weighted by molar-refractivity contribution is -0.137. The highest BCUT2D eigenvalue weighted by atomic mass is 16.4. The summed E-state index contributed by atoms with van der Waals surface area (Å²) in [4.78, 5) is 27.3. The molecule has 0 spiro atoms. The number of carbonyl (C=O) groups is 2. The van der Waals surface area contributed by atoms with Crippen LogP contribution in [0.25, 0.3) is 0 Å². The van der Waals surface area contributed by atoms with Gasteiger partial charge in [-0.1, -0.05) is 20.8 Å². The summed E-state index contributed by atoms with van der Waals surface area (Å²) >= 11 is 0. The van der Waals surface area contributed by atoms with Gasteiger partial charge in [0.25, 0.3) is 0 Å². The third-order valence-electron chi connectivity index (χ3n) is 3.61. The summed E-state index contributed by atoms with van der Waals surface area (Å²) < 4.78 is 0. The number of carboxylic acids is 1. The Morgan fingerprint density at radius 3 is 2.43 bits per heavy atom. The van der Waals surface area contributed by atoms with Crippen LogP contribution in [-0.4, -0.2) is 66.2 Å². The molecule has 122 valence electrons. The Bertz CT molecular complexity index is 366. The van der Waals surface area contributed by atoms with E-state index in [9.17, 15) is 9.59 Å². The van der Waals surface area contributed by atoms with Gasteiger partial charge in [-0.2, -0.15) is 0 Å². The van der Waals surface area contributed by atoms with E-state index < -0.39 is 5.97 Å². The molecule has 0 aromatic heterocycles. The van der Waals surface area contributed by atoms with Crippen molar-refractivity contribution in [3.05, 3.63) is 0 Å². The van der Waals surface area contributed by atoms with E-state index in [2.05, 4.69) is 31.0 Å². The number of rotatable bonds is 4. The van der Waals surface area contributed by atoms with Gasteiger partial charge in [-0.25, -0.2) is 4.79 Å². The highest BCUT2D eigenvalue weighted by Crippen LogP contribution is 2.22. The molecule has 0 radical (unpaired) electrons. The van der Waals surface area contributed by atoms with Crippen molar-refractivity contribution in [3.63, 3.8) is 0 Å². The Morgan fingerprint density at radius 2 is 1.86 bits per heavy atom. The van der Waals surface area contributed by atoms with Crippen LogP contribution in [0.3, 0.4) is 0 Å². The van der Waals surface area contributed by atoms with E-state index in [0.29, 0.717) is 13.0 Å². The minimum absolute atomic E-state index is 0.0214. The first-order valence-electron chi connectivity index (χ1n) is 7.63. The summed E-state index contributed by atoms with van der Waals surface area (Å²) in [6.07, 6.45) is 1.57.